The summed E-state index contributed by atoms with van der Waals surface area (Å²) in [7, 11) is 0. The lowest BCUT2D eigenvalue weighted by atomic mass is 9.95. The second-order valence-corrected chi connectivity index (χ2v) is 3.39. The van der Waals surface area contributed by atoms with Gasteiger partial charge in [-0.3, -0.25) is 4.79 Å². The summed E-state index contributed by atoms with van der Waals surface area (Å²) in [5.74, 6) is -1.47. The topological polar surface area (TPSA) is 55.8 Å². The first-order valence-electron chi connectivity index (χ1n) is 5.00. The van der Waals surface area contributed by atoms with Gasteiger partial charge in [0.15, 0.2) is 6.29 Å². The van der Waals surface area contributed by atoms with Crippen LogP contribution in [0, 0.1) is 11.8 Å². The molecule has 0 aromatic carbocycles. The van der Waals surface area contributed by atoms with E-state index in [2.05, 4.69) is 0 Å². The Bertz CT molecular complexity index is 162. The number of hydrogen-bond donors (Lipinski definition) is 1. The largest absolute Gasteiger partial charge is 0.481 e. The van der Waals surface area contributed by atoms with E-state index in [0.717, 1.165) is 0 Å². The minimum Gasteiger partial charge on any atom is -0.481 e. The number of ether oxygens (including phenoxy) is 2. The predicted molar refractivity (Wildman–Crippen MR) is 53.0 cm³/mol. The maximum atomic E-state index is 11.0. The van der Waals surface area contributed by atoms with Crippen molar-refractivity contribution in [2.75, 3.05) is 13.2 Å². The molecule has 14 heavy (non-hydrogen) atoms. The van der Waals surface area contributed by atoms with Gasteiger partial charge in [-0.15, -0.1) is 0 Å². The van der Waals surface area contributed by atoms with Crippen molar-refractivity contribution in [2.24, 2.45) is 11.8 Å². The zero-order valence-electron chi connectivity index (χ0n) is 9.32. The molecule has 0 bridgehead atoms. The summed E-state index contributed by atoms with van der Waals surface area (Å²) in [5.41, 5.74) is 0. The maximum Gasteiger partial charge on any atom is 0.311 e. The van der Waals surface area contributed by atoms with Crippen molar-refractivity contribution in [3.63, 3.8) is 0 Å². The minimum absolute atomic E-state index is 0.00407. The summed E-state index contributed by atoms with van der Waals surface area (Å²) in [6.45, 7) is 8.27. The summed E-state index contributed by atoms with van der Waals surface area (Å²) in [5, 5.41) is 9.01. The third kappa shape index (κ3) is 4.07. The van der Waals surface area contributed by atoms with Crippen LogP contribution < -0.4 is 0 Å². The molecule has 84 valence electrons. The SMILES string of the molecule is CCOC(OCC)C(C(=O)O)C(C)C. The average molecular weight is 204 g/mol. The van der Waals surface area contributed by atoms with Crippen LogP contribution in [0.5, 0.6) is 0 Å². The van der Waals surface area contributed by atoms with Gasteiger partial charge in [0.25, 0.3) is 0 Å². The second-order valence-electron chi connectivity index (χ2n) is 3.39. The van der Waals surface area contributed by atoms with Gasteiger partial charge in [-0.05, 0) is 19.8 Å². The molecule has 0 aliphatic heterocycles. The van der Waals surface area contributed by atoms with Crippen molar-refractivity contribution in [1.29, 1.82) is 0 Å². The molecule has 4 heteroatoms. The number of carboxylic acids is 1. The molecule has 0 aliphatic carbocycles. The summed E-state index contributed by atoms with van der Waals surface area (Å²) >= 11 is 0. The van der Waals surface area contributed by atoms with Crippen molar-refractivity contribution >= 4 is 5.97 Å². The zero-order chi connectivity index (χ0) is 11.1. The molecule has 0 radical (unpaired) electrons. The van der Waals surface area contributed by atoms with Gasteiger partial charge in [-0.1, -0.05) is 13.8 Å². The molecule has 0 saturated carbocycles. The van der Waals surface area contributed by atoms with E-state index in [1.807, 2.05) is 27.7 Å². The highest BCUT2D eigenvalue weighted by atomic mass is 16.7. The Labute approximate surface area is 85.2 Å². The quantitative estimate of drug-likeness (QED) is 0.642. The van der Waals surface area contributed by atoms with Crippen LogP contribution in [0.15, 0.2) is 0 Å². The summed E-state index contributed by atoms with van der Waals surface area (Å²) in [6.07, 6.45) is -0.637. The van der Waals surface area contributed by atoms with Crippen LogP contribution in [-0.2, 0) is 14.3 Å². The molecular weight excluding hydrogens is 184 g/mol. The summed E-state index contributed by atoms with van der Waals surface area (Å²) in [6, 6.07) is 0. The molecule has 0 amide bonds. The smallest absolute Gasteiger partial charge is 0.311 e. The molecule has 1 unspecified atom stereocenters. The monoisotopic (exact) mass is 204 g/mol. The van der Waals surface area contributed by atoms with Gasteiger partial charge in [-0.2, -0.15) is 0 Å². The number of rotatable bonds is 7. The first-order chi connectivity index (χ1) is 6.54. The Morgan fingerprint density at radius 1 is 1.21 bits per heavy atom. The van der Waals surface area contributed by atoms with E-state index in [4.69, 9.17) is 14.6 Å². The van der Waals surface area contributed by atoms with E-state index in [1.165, 1.54) is 0 Å². The van der Waals surface area contributed by atoms with Crippen molar-refractivity contribution in [2.45, 2.75) is 34.0 Å². The molecule has 0 saturated heterocycles. The van der Waals surface area contributed by atoms with Gasteiger partial charge in [0, 0.05) is 13.2 Å². The normalized spacial score (nSPS) is 13.6. The van der Waals surface area contributed by atoms with E-state index >= 15 is 0 Å². The minimum atomic E-state index is -0.869. The van der Waals surface area contributed by atoms with E-state index in [1.54, 1.807) is 0 Å². The predicted octanol–water partition coefficient (Wildman–Crippen LogP) is 1.74. The molecule has 4 nitrogen and oxygen atoms in total. The van der Waals surface area contributed by atoms with Crippen LogP contribution in [0.1, 0.15) is 27.7 Å². The highest BCUT2D eigenvalue weighted by Gasteiger charge is 2.32. The molecule has 0 aromatic rings. The molecule has 0 aromatic heterocycles. The standard InChI is InChI=1S/C10H20O4/c1-5-13-10(14-6-2)8(7(3)4)9(11)12/h7-8,10H,5-6H2,1-4H3,(H,11,12). The van der Waals surface area contributed by atoms with Crippen LogP contribution in [0.4, 0.5) is 0 Å². The Morgan fingerprint density at radius 2 is 1.64 bits per heavy atom. The Morgan fingerprint density at radius 3 is 1.86 bits per heavy atom. The number of aliphatic carboxylic acids is 1. The van der Waals surface area contributed by atoms with E-state index in [9.17, 15) is 4.79 Å². The first-order valence-corrected chi connectivity index (χ1v) is 5.00. The van der Waals surface area contributed by atoms with Crippen molar-refractivity contribution in [3.05, 3.63) is 0 Å². The zero-order valence-corrected chi connectivity index (χ0v) is 9.32. The molecule has 1 atom stereocenters. The van der Waals surface area contributed by atoms with E-state index in [-0.39, 0.29) is 5.92 Å². The van der Waals surface area contributed by atoms with Crippen LogP contribution in [0.2, 0.25) is 0 Å². The fourth-order valence-electron chi connectivity index (χ4n) is 1.30. The lowest BCUT2D eigenvalue weighted by Crippen LogP contribution is -2.36. The lowest BCUT2D eigenvalue weighted by Gasteiger charge is -2.26. The van der Waals surface area contributed by atoms with Crippen LogP contribution >= 0.6 is 0 Å². The molecule has 0 aliphatic rings. The highest BCUT2D eigenvalue weighted by molar-refractivity contribution is 5.70. The highest BCUT2D eigenvalue weighted by Crippen LogP contribution is 2.19. The van der Waals surface area contributed by atoms with Gasteiger partial charge >= 0.3 is 5.97 Å². The third-order valence-electron chi connectivity index (χ3n) is 1.96. The third-order valence-corrected chi connectivity index (χ3v) is 1.96. The second kappa shape index (κ2) is 6.79. The average Bonchev–Trinajstić information content (AvgIpc) is 2.03. The van der Waals surface area contributed by atoms with Gasteiger partial charge in [-0.25, -0.2) is 0 Å². The fraction of sp³-hybridized carbons (Fsp3) is 0.900. The molecular formula is C10H20O4. The van der Waals surface area contributed by atoms with Crippen LogP contribution in [-0.4, -0.2) is 30.6 Å². The number of carboxylic acid groups (broad SMARTS) is 1. The van der Waals surface area contributed by atoms with E-state index in [0.29, 0.717) is 13.2 Å². The van der Waals surface area contributed by atoms with Gasteiger partial charge < -0.3 is 14.6 Å². The number of hydrogen-bond acceptors (Lipinski definition) is 3. The van der Waals surface area contributed by atoms with Crippen molar-refractivity contribution in [1.82, 2.24) is 0 Å². The molecule has 0 heterocycles. The fourth-order valence-corrected chi connectivity index (χ4v) is 1.30. The maximum absolute atomic E-state index is 11.0. The van der Waals surface area contributed by atoms with E-state index < -0.39 is 18.2 Å². The molecule has 0 fully saturated rings. The Kier molecular flexibility index (Phi) is 6.49. The summed E-state index contributed by atoms with van der Waals surface area (Å²) in [4.78, 5) is 11.0. The Balaban J connectivity index is 4.46. The molecule has 0 rings (SSSR count). The van der Waals surface area contributed by atoms with Gasteiger partial charge in [0.1, 0.15) is 5.92 Å². The molecule has 1 N–H and O–H groups in total. The Hall–Kier alpha value is -0.610. The van der Waals surface area contributed by atoms with Crippen molar-refractivity contribution < 1.29 is 19.4 Å². The van der Waals surface area contributed by atoms with Crippen LogP contribution in [0.3, 0.4) is 0 Å². The first kappa shape index (κ1) is 13.4. The van der Waals surface area contributed by atoms with Gasteiger partial charge in [0.2, 0.25) is 0 Å². The number of carbonyl (C=O) groups is 1. The van der Waals surface area contributed by atoms with Crippen LogP contribution in [0.25, 0.3) is 0 Å². The molecule has 0 spiro atoms. The lowest BCUT2D eigenvalue weighted by molar-refractivity contribution is -0.191. The summed E-state index contributed by atoms with van der Waals surface area (Å²) < 4.78 is 10.5. The van der Waals surface area contributed by atoms with Crippen molar-refractivity contribution in [3.8, 4) is 0 Å². The van der Waals surface area contributed by atoms with Gasteiger partial charge in [0.05, 0.1) is 0 Å².